The molecule has 1 aromatic heterocycles. The van der Waals surface area contributed by atoms with Crippen LogP contribution in [0, 0.1) is 13.8 Å². The normalized spacial score (nSPS) is 12.2. The van der Waals surface area contributed by atoms with E-state index >= 15 is 0 Å². The van der Waals surface area contributed by atoms with Gasteiger partial charge in [-0.2, -0.15) is 4.99 Å². The second-order valence-electron chi connectivity index (χ2n) is 7.58. The number of aromatic nitrogens is 1. The van der Waals surface area contributed by atoms with Crippen molar-refractivity contribution < 1.29 is 17.9 Å². The molecule has 1 amide bonds. The first-order chi connectivity index (χ1) is 15.7. The molecular formula is C24H23N3O4S2. The number of nitrogens with zero attached hydrogens (tertiary/aromatic N) is 2. The van der Waals surface area contributed by atoms with Crippen molar-refractivity contribution in [3.05, 3.63) is 82.2 Å². The minimum absolute atomic E-state index is 0.0904. The fourth-order valence-corrected chi connectivity index (χ4v) is 5.60. The summed E-state index contributed by atoms with van der Waals surface area (Å²) < 4.78 is 36.0. The minimum Gasteiger partial charge on any atom is -0.497 e. The van der Waals surface area contributed by atoms with E-state index in [9.17, 15) is 13.2 Å². The number of fused-ring (bicyclic) bond motifs is 1. The molecule has 9 heteroatoms. The number of rotatable bonds is 5. The van der Waals surface area contributed by atoms with Crippen molar-refractivity contribution in [1.29, 1.82) is 0 Å². The van der Waals surface area contributed by atoms with Crippen LogP contribution in [0.5, 0.6) is 5.75 Å². The maximum atomic E-state index is 12.9. The molecule has 0 spiro atoms. The Morgan fingerprint density at radius 2 is 1.79 bits per heavy atom. The van der Waals surface area contributed by atoms with Crippen LogP contribution < -0.4 is 14.3 Å². The molecule has 0 unspecified atom stereocenters. The summed E-state index contributed by atoms with van der Waals surface area (Å²) in [6.45, 7) is 4.10. The van der Waals surface area contributed by atoms with Gasteiger partial charge >= 0.3 is 0 Å². The molecule has 0 aliphatic heterocycles. The summed E-state index contributed by atoms with van der Waals surface area (Å²) in [6.07, 6.45) is 0. The van der Waals surface area contributed by atoms with Gasteiger partial charge in [-0.15, -0.1) is 0 Å². The number of hydrogen-bond acceptors (Lipinski definition) is 5. The van der Waals surface area contributed by atoms with Crippen molar-refractivity contribution in [2.45, 2.75) is 18.7 Å². The number of methoxy groups -OCH3 is 1. The van der Waals surface area contributed by atoms with Crippen LogP contribution >= 0.6 is 11.3 Å². The Morgan fingerprint density at radius 1 is 1.06 bits per heavy atom. The summed E-state index contributed by atoms with van der Waals surface area (Å²) in [7, 11) is -0.426. The van der Waals surface area contributed by atoms with Crippen LogP contribution in [-0.2, 0) is 17.1 Å². The zero-order chi connectivity index (χ0) is 23.8. The van der Waals surface area contributed by atoms with Gasteiger partial charge in [0, 0.05) is 18.3 Å². The maximum Gasteiger partial charge on any atom is 0.279 e. The smallest absolute Gasteiger partial charge is 0.279 e. The second-order valence-corrected chi connectivity index (χ2v) is 10.3. The van der Waals surface area contributed by atoms with E-state index in [0.717, 1.165) is 15.8 Å². The third kappa shape index (κ3) is 4.55. The van der Waals surface area contributed by atoms with Crippen molar-refractivity contribution in [3.63, 3.8) is 0 Å². The molecule has 7 nitrogen and oxygen atoms in total. The SMILES string of the molecule is COc1ccc(S(=O)(=O)Nc2cccc(C(=O)N=c3sc4ccc(C)c(C)c4n3C)c2)cc1. The maximum absolute atomic E-state index is 12.9. The van der Waals surface area contributed by atoms with Crippen LogP contribution in [-0.4, -0.2) is 26.0 Å². The Labute approximate surface area is 196 Å². The average molecular weight is 482 g/mol. The minimum atomic E-state index is -3.82. The fraction of sp³-hybridized carbons (Fsp3) is 0.167. The number of aryl methyl sites for hydroxylation is 3. The average Bonchev–Trinajstić information content (AvgIpc) is 3.12. The molecule has 0 aliphatic carbocycles. The third-order valence-electron chi connectivity index (χ3n) is 5.42. The lowest BCUT2D eigenvalue weighted by Crippen LogP contribution is -2.15. The molecule has 0 bridgehead atoms. The van der Waals surface area contributed by atoms with E-state index in [4.69, 9.17) is 4.74 Å². The first kappa shape index (κ1) is 22.8. The van der Waals surface area contributed by atoms with Crippen LogP contribution in [0.3, 0.4) is 0 Å². The molecule has 0 fully saturated rings. The number of benzene rings is 3. The number of thiazole rings is 1. The lowest BCUT2D eigenvalue weighted by atomic mass is 10.1. The van der Waals surface area contributed by atoms with Crippen molar-refractivity contribution >= 4 is 43.2 Å². The first-order valence-electron chi connectivity index (χ1n) is 10.1. The zero-order valence-corrected chi connectivity index (χ0v) is 20.3. The number of ether oxygens (including phenoxy) is 1. The third-order valence-corrected chi connectivity index (χ3v) is 7.91. The van der Waals surface area contributed by atoms with E-state index in [0.29, 0.717) is 10.6 Å². The molecular weight excluding hydrogens is 458 g/mol. The number of hydrogen-bond donors (Lipinski definition) is 1. The molecule has 1 heterocycles. The Kier molecular flexibility index (Phi) is 6.09. The zero-order valence-electron chi connectivity index (χ0n) is 18.6. The van der Waals surface area contributed by atoms with E-state index in [1.807, 2.05) is 31.5 Å². The van der Waals surface area contributed by atoms with Gasteiger partial charge in [0.2, 0.25) is 0 Å². The number of carbonyl (C=O) groups is 1. The number of carbonyl (C=O) groups excluding carboxylic acids is 1. The summed E-state index contributed by atoms with van der Waals surface area (Å²) in [6, 6.07) is 16.4. The standard InChI is InChI=1S/C24H23N3O4S2/c1-15-8-13-21-22(16(15)2)27(3)24(32-21)25-23(28)17-6-5-7-18(14-17)26-33(29,30)20-11-9-19(31-4)10-12-20/h5-14,26H,1-4H3. The van der Waals surface area contributed by atoms with Crippen molar-refractivity contribution in [2.75, 3.05) is 11.8 Å². The highest BCUT2D eigenvalue weighted by Gasteiger charge is 2.16. The lowest BCUT2D eigenvalue weighted by molar-refractivity contribution is 0.0998. The van der Waals surface area contributed by atoms with Crippen LogP contribution in [0.25, 0.3) is 10.2 Å². The van der Waals surface area contributed by atoms with Gasteiger partial charge in [0.25, 0.3) is 15.9 Å². The van der Waals surface area contributed by atoms with Crippen LogP contribution in [0.1, 0.15) is 21.5 Å². The van der Waals surface area contributed by atoms with Gasteiger partial charge in [-0.05, 0) is 73.5 Å². The van der Waals surface area contributed by atoms with E-state index in [2.05, 4.69) is 15.8 Å². The van der Waals surface area contributed by atoms with Crippen LogP contribution in [0.15, 0.2) is 70.6 Å². The molecule has 170 valence electrons. The quantitative estimate of drug-likeness (QED) is 0.457. The van der Waals surface area contributed by atoms with E-state index in [1.165, 1.54) is 42.2 Å². The number of amides is 1. The van der Waals surface area contributed by atoms with Crippen molar-refractivity contribution in [2.24, 2.45) is 12.0 Å². The summed E-state index contributed by atoms with van der Waals surface area (Å²) in [5.74, 6) is 0.111. The van der Waals surface area contributed by atoms with Gasteiger partial charge in [0.05, 0.1) is 22.2 Å². The lowest BCUT2D eigenvalue weighted by Gasteiger charge is -2.09. The van der Waals surface area contributed by atoms with Gasteiger partial charge in [-0.3, -0.25) is 9.52 Å². The molecule has 4 rings (SSSR count). The number of anilines is 1. The topological polar surface area (TPSA) is 89.8 Å². The van der Waals surface area contributed by atoms with E-state index in [-0.39, 0.29) is 16.1 Å². The molecule has 0 aliphatic rings. The van der Waals surface area contributed by atoms with Crippen molar-refractivity contribution in [1.82, 2.24) is 4.57 Å². The van der Waals surface area contributed by atoms with Crippen LogP contribution in [0.4, 0.5) is 5.69 Å². The Balaban J connectivity index is 1.64. The molecule has 0 radical (unpaired) electrons. The Hall–Kier alpha value is -3.43. The Bertz CT molecular complexity index is 1530. The number of sulfonamides is 1. The highest BCUT2D eigenvalue weighted by atomic mass is 32.2. The fourth-order valence-electron chi connectivity index (χ4n) is 3.47. The molecule has 1 N–H and O–H groups in total. The van der Waals surface area contributed by atoms with Gasteiger partial charge in [-0.1, -0.05) is 23.5 Å². The van der Waals surface area contributed by atoms with Gasteiger partial charge in [-0.25, -0.2) is 8.42 Å². The molecule has 33 heavy (non-hydrogen) atoms. The summed E-state index contributed by atoms with van der Waals surface area (Å²) in [5, 5.41) is 0. The summed E-state index contributed by atoms with van der Waals surface area (Å²) >= 11 is 1.44. The largest absolute Gasteiger partial charge is 0.497 e. The van der Waals surface area contributed by atoms with Gasteiger partial charge < -0.3 is 9.30 Å². The van der Waals surface area contributed by atoms with Crippen molar-refractivity contribution in [3.8, 4) is 5.75 Å². The molecule has 3 aromatic carbocycles. The highest BCUT2D eigenvalue weighted by Crippen LogP contribution is 2.23. The molecule has 4 aromatic rings. The van der Waals surface area contributed by atoms with Gasteiger partial charge in [0.1, 0.15) is 5.75 Å². The summed E-state index contributed by atoms with van der Waals surface area (Å²) in [5.41, 5.74) is 3.93. The second kappa shape index (κ2) is 8.84. The first-order valence-corrected chi connectivity index (χ1v) is 12.4. The number of nitrogens with one attached hydrogen (secondary N) is 1. The predicted octanol–water partition coefficient (Wildman–Crippen LogP) is 4.41. The van der Waals surface area contributed by atoms with E-state index in [1.54, 1.807) is 30.3 Å². The van der Waals surface area contributed by atoms with Crippen LogP contribution in [0.2, 0.25) is 0 Å². The monoisotopic (exact) mass is 481 g/mol. The Morgan fingerprint density at radius 3 is 2.48 bits per heavy atom. The highest BCUT2D eigenvalue weighted by molar-refractivity contribution is 7.92. The molecule has 0 atom stereocenters. The molecule has 0 saturated carbocycles. The molecule has 0 saturated heterocycles. The summed E-state index contributed by atoms with van der Waals surface area (Å²) in [4.78, 5) is 17.9. The van der Waals surface area contributed by atoms with Gasteiger partial charge in [0.15, 0.2) is 4.80 Å². The van der Waals surface area contributed by atoms with E-state index < -0.39 is 15.9 Å². The predicted molar refractivity (Wildman–Crippen MR) is 130 cm³/mol.